The number of rotatable bonds is 4. The Kier molecular flexibility index (Phi) is 4.98. The van der Waals surface area contributed by atoms with E-state index in [4.69, 9.17) is 0 Å². The highest BCUT2D eigenvalue weighted by Gasteiger charge is 2.30. The Morgan fingerprint density at radius 3 is 2.26 bits per heavy atom. The van der Waals surface area contributed by atoms with Crippen LogP contribution in [0.15, 0.2) is 70.6 Å². The van der Waals surface area contributed by atoms with Gasteiger partial charge in [0, 0.05) is 49.1 Å². The molecule has 0 bridgehead atoms. The van der Waals surface area contributed by atoms with Crippen molar-refractivity contribution in [1.29, 1.82) is 0 Å². The molecule has 4 rings (SSSR count). The molecule has 2 aromatic heterocycles. The smallest absolute Gasteiger partial charge is 0.244 e. The maximum atomic E-state index is 12.9. The van der Waals surface area contributed by atoms with Crippen LogP contribution in [0, 0.1) is 0 Å². The number of hydrogen-bond donors (Lipinski definition) is 0. The van der Waals surface area contributed by atoms with Crippen LogP contribution in [0.3, 0.4) is 0 Å². The van der Waals surface area contributed by atoms with E-state index < -0.39 is 10.0 Å². The molecule has 0 unspecified atom stereocenters. The summed E-state index contributed by atoms with van der Waals surface area (Å²) in [7, 11) is -3.52. The zero-order valence-electron chi connectivity index (χ0n) is 14.4. The van der Waals surface area contributed by atoms with Crippen LogP contribution in [0.4, 0.5) is 5.82 Å². The first kappa shape index (κ1) is 18.1. The van der Waals surface area contributed by atoms with Gasteiger partial charge in [0.15, 0.2) is 0 Å². The summed E-state index contributed by atoms with van der Waals surface area (Å²) in [5.74, 6) is 1.58. The lowest BCUT2D eigenvalue weighted by Crippen LogP contribution is -2.49. The zero-order valence-corrected chi connectivity index (χ0v) is 16.8. The summed E-state index contributed by atoms with van der Waals surface area (Å²) in [6.45, 7) is 1.97. The molecule has 0 N–H and O–H groups in total. The number of nitrogens with zero attached hydrogens (tertiary/aromatic N) is 5. The normalized spacial score (nSPS) is 15.8. The van der Waals surface area contributed by atoms with Crippen molar-refractivity contribution in [2.45, 2.75) is 4.90 Å². The fourth-order valence-electron chi connectivity index (χ4n) is 3.09. The molecule has 1 aliphatic rings. The molecule has 7 nitrogen and oxygen atoms in total. The van der Waals surface area contributed by atoms with Gasteiger partial charge in [-0.3, -0.25) is 0 Å². The van der Waals surface area contributed by atoms with Gasteiger partial charge in [-0.15, -0.1) is 0 Å². The topological polar surface area (TPSA) is 71.3 Å². The molecule has 0 spiro atoms. The number of sulfonamides is 1. The van der Waals surface area contributed by atoms with E-state index in [1.54, 1.807) is 24.3 Å². The van der Waals surface area contributed by atoms with Crippen molar-refractivity contribution in [1.82, 2.24) is 18.8 Å². The van der Waals surface area contributed by atoms with Gasteiger partial charge >= 0.3 is 0 Å². The highest BCUT2D eigenvalue weighted by molar-refractivity contribution is 9.10. The first-order valence-electron chi connectivity index (χ1n) is 8.51. The van der Waals surface area contributed by atoms with Gasteiger partial charge in [-0.1, -0.05) is 12.1 Å². The van der Waals surface area contributed by atoms with Gasteiger partial charge in [0.05, 0.1) is 4.90 Å². The van der Waals surface area contributed by atoms with Crippen molar-refractivity contribution in [3.8, 4) is 5.82 Å². The molecule has 140 valence electrons. The summed E-state index contributed by atoms with van der Waals surface area (Å²) in [4.78, 5) is 11.0. The van der Waals surface area contributed by atoms with Gasteiger partial charge in [0.1, 0.15) is 18.0 Å². The van der Waals surface area contributed by atoms with E-state index in [-0.39, 0.29) is 0 Å². The molecule has 0 radical (unpaired) electrons. The first-order chi connectivity index (χ1) is 13.1. The fraction of sp³-hybridized carbons (Fsp3) is 0.222. The standard InChI is InChI=1S/C18H18BrN5O2S/c19-15-5-1-2-6-16(15)27(25,26)24-11-9-23(10-12-24)18-13-17(20-14-21-18)22-7-3-4-8-22/h1-8,13-14H,9-12H2. The minimum atomic E-state index is -3.52. The lowest BCUT2D eigenvalue weighted by atomic mass is 10.3. The average molecular weight is 448 g/mol. The van der Waals surface area contributed by atoms with E-state index in [0.717, 1.165) is 11.6 Å². The van der Waals surface area contributed by atoms with Crippen molar-refractivity contribution in [2.24, 2.45) is 0 Å². The molecule has 1 fully saturated rings. The van der Waals surface area contributed by atoms with Gasteiger partial charge in [-0.2, -0.15) is 4.31 Å². The highest BCUT2D eigenvalue weighted by atomic mass is 79.9. The van der Waals surface area contributed by atoms with Crippen LogP contribution in [0.25, 0.3) is 5.82 Å². The zero-order chi connectivity index (χ0) is 18.9. The number of hydrogen-bond acceptors (Lipinski definition) is 5. The largest absolute Gasteiger partial charge is 0.354 e. The average Bonchev–Trinajstić information content (AvgIpc) is 3.23. The van der Waals surface area contributed by atoms with Crippen LogP contribution in [0.2, 0.25) is 0 Å². The van der Waals surface area contributed by atoms with Crippen molar-refractivity contribution in [3.63, 3.8) is 0 Å². The number of halogens is 1. The number of piperazine rings is 1. The summed E-state index contributed by atoms with van der Waals surface area (Å²) < 4.78 is 29.8. The van der Waals surface area contributed by atoms with Crippen LogP contribution in [-0.4, -0.2) is 53.4 Å². The molecule has 0 amide bonds. The minimum absolute atomic E-state index is 0.301. The second kappa shape index (κ2) is 7.41. The summed E-state index contributed by atoms with van der Waals surface area (Å²) in [6.07, 6.45) is 5.39. The summed E-state index contributed by atoms with van der Waals surface area (Å²) in [6, 6.07) is 12.7. The second-order valence-electron chi connectivity index (χ2n) is 6.15. The maximum absolute atomic E-state index is 12.9. The van der Waals surface area contributed by atoms with Gasteiger partial charge in [0.25, 0.3) is 0 Å². The Labute approximate surface area is 166 Å². The van der Waals surface area contributed by atoms with E-state index in [1.165, 1.54) is 10.6 Å². The third-order valence-electron chi connectivity index (χ3n) is 4.52. The minimum Gasteiger partial charge on any atom is -0.354 e. The Bertz CT molecular complexity index is 1030. The molecule has 27 heavy (non-hydrogen) atoms. The van der Waals surface area contributed by atoms with Crippen LogP contribution >= 0.6 is 15.9 Å². The third-order valence-corrected chi connectivity index (χ3v) is 7.44. The SMILES string of the molecule is O=S(=O)(c1ccccc1Br)N1CCN(c2cc(-n3cccc3)ncn2)CC1. The first-order valence-corrected chi connectivity index (χ1v) is 10.7. The van der Waals surface area contributed by atoms with Crippen molar-refractivity contribution >= 4 is 31.8 Å². The predicted molar refractivity (Wildman–Crippen MR) is 106 cm³/mol. The molecular weight excluding hydrogens is 430 g/mol. The quantitative estimate of drug-likeness (QED) is 0.614. The molecule has 0 aliphatic carbocycles. The van der Waals surface area contributed by atoms with Crippen LogP contribution in [0.5, 0.6) is 0 Å². The van der Waals surface area contributed by atoms with E-state index in [2.05, 4.69) is 30.8 Å². The predicted octanol–water partition coefficient (Wildman–Crippen LogP) is 2.54. The molecule has 9 heteroatoms. The van der Waals surface area contributed by atoms with Gasteiger partial charge in [0.2, 0.25) is 10.0 Å². The van der Waals surface area contributed by atoms with E-state index in [0.29, 0.717) is 35.5 Å². The number of benzene rings is 1. The molecule has 0 saturated carbocycles. The maximum Gasteiger partial charge on any atom is 0.244 e. The fourth-order valence-corrected chi connectivity index (χ4v) is 5.47. The second-order valence-corrected chi connectivity index (χ2v) is 8.91. The Balaban J connectivity index is 1.50. The van der Waals surface area contributed by atoms with Gasteiger partial charge in [-0.25, -0.2) is 18.4 Å². The molecule has 3 aromatic rings. The number of anilines is 1. The molecule has 3 heterocycles. The Morgan fingerprint density at radius 1 is 0.889 bits per heavy atom. The molecule has 1 aromatic carbocycles. The lowest BCUT2D eigenvalue weighted by Gasteiger charge is -2.34. The monoisotopic (exact) mass is 447 g/mol. The summed E-state index contributed by atoms with van der Waals surface area (Å²) in [5, 5.41) is 0. The summed E-state index contributed by atoms with van der Waals surface area (Å²) in [5.41, 5.74) is 0. The summed E-state index contributed by atoms with van der Waals surface area (Å²) >= 11 is 3.34. The molecule has 1 saturated heterocycles. The Morgan fingerprint density at radius 2 is 1.56 bits per heavy atom. The van der Waals surface area contributed by atoms with Crippen molar-refractivity contribution in [2.75, 3.05) is 31.1 Å². The van der Waals surface area contributed by atoms with Crippen LogP contribution in [-0.2, 0) is 10.0 Å². The number of aromatic nitrogens is 3. The van der Waals surface area contributed by atoms with Gasteiger partial charge in [-0.05, 0) is 40.2 Å². The van der Waals surface area contributed by atoms with Crippen molar-refractivity contribution < 1.29 is 8.42 Å². The van der Waals surface area contributed by atoms with E-state index >= 15 is 0 Å². The van der Waals surface area contributed by atoms with E-state index in [1.807, 2.05) is 35.2 Å². The lowest BCUT2D eigenvalue weighted by molar-refractivity contribution is 0.383. The van der Waals surface area contributed by atoms with Gasteiger partial charge < -0.3 is 9.47 Å². The van der Waals surface area contributed by atoms with Crippen LogP contribution < -0.4 is 4.90 Å². The van der Waals surface area contributed by atoms with Crippen LogP contribution in [0.1, 0.15) is 0 Å². The molecular formula is C18H18BrN5O2S. The molecule has 1 aliphatic heterocycles. The molecule has 0 atom stereocenters. The Hall–Kier alpha value is -2.23. The van der Waals surface area contributed by atoms with Crippen molar-refractivity contribution in [3.05, 3.63) is 65.7 Å². The third kappa shape index (κ3) is 3.62. The highest BCUT2D eigenvalue weighted by Crippen LogP contribution is 2.26. The van der Waals surface area contributed by atoms with E-state index in [9.17, 15) is 8.42 Å².